The molecule has 1 aliphatic carbocycles. The van der Waals surface area contributed by atoms with Crippen molar-refractivity contribution < 1.29 is 0 Å². The van der Waals surface area contributed by atoms with E-state index >= 15 is 0 Å². The van der Waals surface area contributed by atoms with Gasteiger partial charge in [-0.3, -0.25) is 0 Å². The Kier molecular flexibility index (Phi) is 18.8. The maximum atomic E-state index is 5.73. The van der Waals surface area contributed by atoms with Crippen molar-refractivity contribution in [2.75, 3.05) is 29.4 Å². The molecule has 4 aromatic heterocycles. The first-order valence-electron chi connectivity index (χ1n) is 41.8. The minimum atomic E-state index is 0.680. The molecule has 584 valence electrons. The minimum absolute atomic E-state index is 0.680. The second kappa shape index (κ2) is 31.7. The number of para-hydroxylation sites is 9. The molecule has 1 aliphatic rings. The van der Waals surface area contributed by atoms with E-state index < -0.39 is 0 Å². The predicted octanol–water partition coefficient (Wildman–Crippen LogP) is 29.7. The number of hydrogen-bond donors (Lipinski definition) is 0. The van der Waals surface area contributed by atoms with Crippen molar-refractivity contribution in [1.29, 1.82) is 0 Å². The Morgan fingerprint density at radius 2 is 0.366 bits per heavy atom. The summed E-state index contributed by atoms with van der Waals surface area (Å²) in [6.07, 6.45) is 6.40. The number of anilines is 17. The molecule has 0 fully saturated rings. The fourth-order valence-electron chi connectivity index (χ4n) is 17.6. The van der Waals surface area contributed by atoms with Crippen LogP contribution >= 0.6 is 0 Å². The van der Waals surface area contributed by atoms with Gasteiger partial charge in [-0.15, -0.1) is 0 Å². The number of aromatic nitrogens is 6. The van der Waals surface area contributed by atoms with Crippen LogP contribution in [-0.2, 0) is 0 Å². The topological polar surface area (TPSA) is 71.3 Å². The van der Waals surface area contributed by atoms with Crippen LogP contribution in [0.3, 0.4) is 0 Å². The summed E-state index contributed by atoms with van der Waals surface area (Å²) >= 11 is 0. The monoisotopic (exact) mass is 1580 g/mol. The molecule has 0 aliphatic heterocycles. The van der Waals surface area contributed by atoms with Gasteiger partial charge in [-0.2, -0.15) is 0 Å². The van der Waals surface area contributed by atoms with E-state index in [9.17, 15) is 0 Å². The van der Waals surface area contributed by atoms with E-state index in [2.05, 4.69) is 504 Å². The zero-order chi connectivity index (χ0) is 81.5. The van der Waals surface area contributed by atoms with Crippen molar-refractivity contribution in [3.05, 3.63) is 472 Å². The number of hydrogen-bond acceptors (Lipinski definition) is 9. The number of benzene rings is 17. The molecule has 0 atom stereocenters. The Hall–Kier alpha value is -16.6. The van der Waals surface area contributed by atoms with Gasteiger partial charge in [-0.1, -0.05) is 231 Å². The van der Waals surface area contributed by atoms with Gasteiger partial charge in [0.05, 0.1) is 33.1 Å². The lowest BCUT2D eigenvalue weighted by Crippen LogP contribution is -2.17. The standard InChI is InChI=1S/C111H80N12/c1-10-28-85(29-11-1)115(86-30-12-2-13-31-86)94-58-46-79(47-59-94)82-52-64-97(65-53-82)118(91-40-22-7-23-41-91)100-70-73-106-103(76-100)112-109-121(106)110-113-105-78-102(120(93-44-26-9-27-45-93)99-68-56-84(57-69-99)81-50-62-96(63-51-81)117(89-36-18-5-19-37-89)90-38-20-6-21-39-90)72-75-108(105)123(110)111-114-104-77-101(71-74-107(104)122(109)111)119(92-42-24-8-25-43-92)98-66-54-83(55-67-98)80-48-60-95(61-49-80)116(87-32-14-3-15-33-87)88-34-16-4-17-35-88/h1-50,52-62,64-78H,51,63H2. The maximum Gasteiger partial charge on any atom is 0.225 e. The first kappa shape index (κ1) is 72.9. The molecule has 0 spiro atoms. The van der Waals surface area contributed by atoms with E-state index in [1.807, 2.05) is 0 Å². The van der Waals surface area contributed by atoms with Crippen LogP contribution in [0, 0.1) is 0 Å². The molecule has 12 heteroatoms. The summed E-state index contributed by atoms with van der Waals surface area (Å²) in [5.41, 5.74) is 31.1. The van der Waals surface area contributed by atoms with Crippen molar-refractivity contribution in [3.63, 3.8) is 0 Å². The van der Waals surface area contributed by atoms with Crippen molar-refractivity contribution >= 4 is 153 Å². The van der Waals surface area contributed by atoms with Gasteiger partial charge in [0.25, 0.3) is 0 Å². The van der Waals surface area contributed by atoms with Crippen LogP contribution < -0.4 is 29.4 Å². The van der Waals surface area contributed by atoms with E-state index in [-0.39, 0.29) is 0 Å². The lowest BCUT2D eigenvalue weighted by molar-refractivity contribution is 0.930. The van der Waals surface area contributed by atoms with E-state index in [0.29, 0.717) is 17.3 Å². The van der Waals surface area contributed by atoms with Crippen LogP contribution in [-0.4, -0.2) is 28.2 Å². The SMILES string of the molecule is C1=C(c2ccc(N(c3ccccc3)c3ccc4c(c3)nc3n4c4nc5cc(N(c6ccccc6)c6ccc(-c7ccc(N(c8ccccc8)c8ccccc8)cc7)cc6)ccc5n4c4nc5cc(N(c6ccccc6)c6ccc(-c7ccc(N(c8ccccc8)c8ccccc8)cc7)cc6)ccc5n34)cc2)CCC(N(c2ccccc2)c2ccccc2)=C1. The summed E-state index contributed by atoms with van der Waals surface area (Å²) in [6, 6.07) is 160. The first-order chi connectivity index (χ1) is 61.0. The third-order valence-electron chi connectivity index (χ3n) is 23.4. The zero-order valence-electron chi connectivity index (χ0n) is 67.2. The third kappa shape index (κ3) is 13.7. The second-order valence-electron chi connectivity index (χ2n) is 30.9. The third-order valence-corrected chi connectivity index (χ3v) is 23.4. The van der Waals surface area contributed by atoms with Gasteiger partial charge in [0.15, 0.2) is 0 Å². The molecular formula is C111H80N12. The molecule has 0 saturated heterocycles. The number of imidazole rings is 3. The molecule has 4 heterocycles. The molecule has 0 unspecified atom stereocenters. The van der Waals surface area contributed by atoms with E-state index in [1.165, 1.54) is 16.8 Å². The Labute approximate surface area is 713 Å². The number of nitrogens with zero attached hydrogens (tertiary/aromatic N) is 12. The maximum absolute atomic E-state index is 5.73. The van der Waals surface area contributed by atoms with Gasteiger partial charge >= 0.3 is 0 Å². The highest BCUT2D eigenvalue weighted by molar-refractivity contribution is 5.97. The average Bonchev–Trinajstić information content (AvgIpc) is 1.53. The van der Waals surface area contributed by atoms with Gasteiger partial charge in [0, 0.05) is 102 Å². The van der Waals surface area contributed by atoms with Crippen molar-refractivity contribution in [2.45, 2.75) is 12.8 Å². The highest BCUT2D eigenvalue weighted by atomic mass is 15.3. The van der Waals surface area contributed by atoms with Crippen LogP contribution in [0.4, 0.5) is 96.7 Å². The molecular weight excluding hydrogens is 1500 g/mol. The van der Waals surface area contributed by atoms with E-state index in [0.717, 1.165) is 165 Å². The molecule has 22 rings (SSSR count). The normalized spacial score (nSPS) is 12.1. The quantitative estimate of drug-likeness (QED) is 0.0700. The Balaban J connectivity index is 0.652. The van der Waals surface area contributed by atoms with Crippen molar-refractivity contribution in [2.24, 2.45) is 0 Å². The summed E-state index contributed by atoms with van der Waals surface area (Å²) in [6.45, 7) is 0. The Morgan fingerprint density at radius 1 is 0.171 bits per heavy atom. The molecule has 17 aromatic carbocycles. The number of allylic oxidation sites excluding steroid dienone is 4. The smallest absolute Gasteiger partial charge is 0.225 e. The van der Waals surface area contributed by atoms with Gasteiger partial charge in [-0.25, -0.2) is 28.2 Å². The van der Waals surface area contributed by atoms with Crippen LogP contribution in [0.25, 0.3) is 78.3 Å². The molecule has 123 heavy (non-hydrogen) atoms. The number of fused-ring (bicyclic) bond motifs is 12. The lowest BCUT2D eigenvalue weighted by Gasteiger charge is -2.30. The van der Waals surface area contributed by atoms with Gasteiger partial charge < -0.3 is 29.4 Å². The molecule has 0 saturated carbocycles. The molecule has 0 radical (unpaired) electrons. The lowest BCUT2D eigenvalue weighted by atomic mass is 9.94. The van der Waals surface area contributed by atoms with Crippen LogP contribution in [0.1, 0.15) is 18.4 Å². The molecule has 0 amide bonds. The minimum Gasteiger partial charge on any atom is -0.314 e. The van der Waals surface area contributed by atoms with Gasteiger partial charge in [0.1, 0.15) is 0 Å². The van der Waals surface area contributed by atoms with E-state index in [4.69, 9.17) is 15.0 Å². The van der Waals surface area contributed by atoms with Gasteiger partial charge in [0.2, 0.25) is 17.3 Å². The summed E-state index contributed by atoms with van der Waals surface area (Å²) in [5.74, 6) is 2.04. The number of rotatable bonds is 21. The average molecular weight is 1580 g/mol. The Bertz CT molecular complexity index is 7080. The molecule has 21 aromatic rings. The zero-order valence-corrected chi connectivity index (χ0v) is 67.2. The Morgan fingerprint density at radius 3 is 0.585 bits per heavy atom. The van der Waals surface area contributed by atoms with E-state index in [1.54, 1.807) is 0 Å². The first-order valence-corrected chi connectivity index (χ1v) is 41.8. The highest BCUT2D eigenvalue weighted by Gasteiger charge is 2.27. The predicted molar refractivity (Wildman–Crippen MR) is 510 cm³/mol. The summed E-state index contributed by atoms with van der Waals surface area (Å²) in [4.78, 5) is 31.1. The fraction of sp³-hybridized carbons (Fsp3) is 0.0180. The molecule has 0 N–H and O–H groups in total. The summed E-state index contributed by atoms with van der Waals surface area (Å²) < 4.78 is 6.65. The largest absolute Gasteiger partial charge is 0.314 e. The second-order valence-corrected chi connectivity index (χ2v) is 30.9. The van der Waals surface area contributed by atoms with Crippen molar-refractivity contribution in [3.8, 4) is 22.3 Å². The van der Waals surface area contributed by atoms with Crippen LogP contribution in [0.2, 0.25) is 0 Å². The fourth-order valence-corrected chi connectivity index (χ4v) is 17.6. The highest BCUT2D eigenvalue weighted by Crippen LogP contribution is 2.46. The van der Waals surface area contributed by atoms with Gasteiger partial charge in [-0.05, 0) is 277 Å². The molecule has 12 nitrogen and oxygen atoms in total. The van der Waals surface area contributed by atoms with Crippen LogP contribution in [0.15, 0.2) is 467 Å². The molecule has 0 bridgehead atoms. The summed E-state index contributed by atoms with van der Waals surface area (Å²) in [5, 5.41) is 0. The summed E-state index contributed by atoms with van der Waals surface area (Å²) in [7, 11) is 0. The van der Waals surface area contributed by atoms with Crippen molar-refractivity contribution in [1.82, 2.24) is 28.2 Å². The van der Waals surface area contributed by atoms with Crippen LogP contribution in [0.5, 0.6) is 0 Å².